The smallest absolute Gasteiger partial charge is 0.265 e. The van der Waals surface area contributed by atoms with Gasteiger partial charge >= 0.3 is 0 Å². The Balaban J connectivity index is 2.22. The molecule has 0 saturated carbocycles. The van der Waals surface area contributed by atoms with Crippen LogP contribution in [0.1, 0.15) is 17.9 Å². The minimum absolute atomic E-state index is 0.293. The summed E-state index contributed by atoms with van der Waals surface area (Å²) < 4.78 is 36.0. The van der Waals surface area contributed by atoms with E-state index in [-0.39, 0.29) is 0 Å². The van der Waals surface area contributed by atoms with Crippen molar-refractivity contribution in [3.8, 4) is 11.5 Å². The molecule has 2 rings (SSSR count). The number of ether oxygens (including phenoxy) is 1. The average Bonchev–Trinajstić information content (AvgIpc) is 2.53. The molecule has 0 fully saturated rings. The highest BCUT2D eigenvalue weighted by Gasteiger charge is 2.27. The van der Waals surface area contributed by atoms with Crippen LogP contribution in [0, 0.1) is 0 Å². The molecule has 0 heterocycles. The molecule has 0 saturated heterocycles. The second kappa shape index (κ2) is 7.91. The van der Waals surface area contributed by atoms with Crippen molar-refractivity contribution in [1.29, 1.82) is 0 Å². The number of primary amides is 1. The van der Waals surface area contributed by atoms with E-state index < -0.39 is 39.9 Å². The molecule has 1 atom stereocenters. The van der Waals surface area contributed by atoms with Crippen molar-refractivity contribution in [3.05, 3.63) is 60.2 Å². The van der Waals surface area contributed by atoms with Gasteiger partial charge in [0, 0.05) is 6.42 Å². The summed E-state index contributed by atoms with van der Waals surface area (Å²) in [6.45, 7) is 0. The van der Waals surface area contributed by atoms with Crippen LogP contribution in [0.15, 0.2) is 54.6 Å². The van der Waals surface area contributed by atoms with E-state index in [0.717, 1.165) is 0 Å². The van der Waals surface area contributed by atoms with Crippen LogP contribution in [-0.4, -0.2) is 30.4 Å². The summed E-state index contributed by atoms with van der Waals surface area (Å²) in [5.41, 5.74) is 5.59. The highest BCUT2D eigenvalue weighted by Crippen LogP contribution is 2.26. The van der Waals surface area contributed by atoms with E-state index in [9.17, 15) is 18.0 Å². The van der Waals surface area contributed by atoms with Gasteiger partial charge in [-0.3, -0.25) is 14.1 Å². The quantitative estimate of drug-likeness (QED) is 0.545. The number of Topliss-reactive ketones (excluding diaryl/α,β-unsaturated/α-hetero) is 1. The van der Waals surface area contributed by atoms with Crippen LogP contribution in [0.5, 0.6) is 11.5 Å². The molecule has 2 aromatic rings. The van der Waals surface area contributed by atoms with E-state index in [2.05, 4.69) is 0 Å². The predicted molar refractivity (Wildman–Crippen MR) is 90.9 cm³/mol. The van der Waals surface area contributed by atoms with Gasteiger partial charge in [-0.2, -0.15) is 8.42 Å². The standard InChI is InChI=1S/C17H17NO6S/c18-17(20)16(15(19)9-10-25(21,22)23)12-5-4-8-14(11-12)24-13-6-2-1-3-7-13/h1-8,11,16H,9-10H2,(H2,18,20)(H,21,22,23). The Morgan fingerprint density at radius 1 is 1.04 bits per heavy atom. The first kappa shape index (κ1) is 18.6. The molecule has 1 amide bonds. The predicted octanol–water partition coefficient (Wildman–Crippen LogP) is 1.89. The summed E-state index contributed by atoms with van der Waals surface area (Å²) >= 11 is 0. The number of ketones is 1. The SMILES string of the molecule is NC(=O)C(C(=O)CCS(=O)(=O)O)c1cccc(Oc2ccccc2)c1. The molecule has 0 aliphatic rings. The third-order valence-corrected chi connectivity index (χ3v) is 4.10. The van der Waals surface area contributed by atoms with E-state index in [4.69, 9.17) is 15.0 Å². The summed E-state index contributed by atoms with van der Waals surface area (Å²) in [5, 5.41) is 0. The number of para-hydroxylation sites is 1. The zero-order chi connectivity index (χ0) is 18.4. The second-order valence-electron chi connectivity index (χ2n) is 5.33. The van der Waals surface area contributed by atoms with Gasteiger partial charge in [0.25, 0.3) is 10.1 Å². The molecule has 7 nitrogen and oxygen atoms in total. The molecule has 3 N–H and O–H groups in total. The maximum Gasteiger partial charge on any atom is 0.265 e. The second-order valence-corrected chi connectivity index (χ2v) is 6.90. The third kappa shape index (κ3) is 5.70. The molecule has 25 heavy (non-hydrogen) atoms. The number of hydrogen-bond donors (Lipinski definition) is 2. The summed E-state index contributed by atoms with van der Waals surface area (Å²) in [6.07, 6.45) is -0.518. The van der Waals surface area contributed by atoms with Crippen LogP contribution in [0.2, 0.25) is 0 Å². The lowest BCUT2D eigenvalue weighted by molar-refractivity contribution is -0.128. The molecule has 8 heteroatoms. The normalized spacial score (nSPS) is 12.4. The van der Waals surface area contributed by atoms with E-state index >= 15 is 0 Å². The summed E-state index contributed by atoms with van der Waals surface area (Å²) in [4.78, 5) is 23.9. The van der Waals surface area contributed by atoms with Crippen molar-refractivity contribution in [2.75, 3.05) is 5.75 Å². The Morgan fingerprint density at radius 3 is 2.28 bits per heavy atom. The Kier molecular flexibility index (Phi) is 5.89. The summed E-state index contributed by atoms with van der Waals surface area (Å²) in [7, 11) is -4.31. The first-order chi connectivity index (χ1) is 11.8. The van der Waals surface area contributed by atoms with Gasteiger partial charge in [-0.05, 0) is 29.8 Å². The fourth-order valence-electron chi connectivity index (χ4n) is 2.26. The molecule has 0 aliphatic carbocycles. The largest absolute Gasteiger partial charge is 0.457 e. The van der Waals surface area contributed by atoms with E-state index in [1.165, 1.54) is 12.1 Å². The fourth-order valence-corrected chi connectivity index (χ4v) is 2.72. The Hall–Kier alpha value is -2.71. The Morgan fingerprint density at radius 2 is 1.68 bits per heavy atom. The number of carbonyl (C=O) groups is 2. The molecule has 0 spiro atoms. The highest BCUT2D eigenvalue weighted by atomic mass is 32.2. The molecular formula is C17H17NO6S. The Bertz CT molecular complexity index is 864. The molecule has 0 aliphatic heterocycles. The van der Waals surface area contributed by atoms with Crippen molar-refractivity contribution in [3.63, 3.8) is 0 Å². The zero-order valence-corrected chi connectivity index (χ0v) is 14.0. The molecular weight excluding hydrogens is 346 g/mol. The first-order valence-electron chi connectivity index (χ1n) is 7.36. The van der Waals surface area contributed by atoms with Gasteiger partial charge in [0.15, 0.2) is 5.78 Å². The molecule has 1 unspecified atom stereocenters. The summed E-state index contributed by atoms with van der Waals surface area (Å²) in [5.74, 6) is -2.71. The zero-order valence-electron chi connectivity index (χ0n) is 13.2. The van der Waals surface area contributed by atoms with Gasteiger partial charge in [-0.15, -0.1) is 0 Å². The van der Waals surface area contributed by atoms with Crippen LogP contribution < -0.4 is 10.5 Å². The lowest BCUT2D eigenvalue weighted by atomic mass is 9.92. The third-order valence-electron chi connectivity index (χ3n) is 3.38. The number of hydrogen-bond acceptors (Lipinski definition) is 5. The van der Waals surface area contributed by atoms with Crippen LogP contribution in [0.3, 0.4) is 0 Å². The van der Waals surface area contributed by atoms with Gasteiger partial charge in [0.2, 0.25) is 5.91 Å². The van der Waals surface area contributed by atoms with Gasteiger partial charge in [0.1, 0.15) is 17.4 Å². The minimum atomic E-state index is -4.31. The van der Waals surface area contributed by atoms with Crippen LogP contribution in [0.25, 0.3) is 0 Å². The van der Waals surface area contributed by atoms with Crippen molar-refractivity contribution in [2.45, 2.75) is 12.3 Å². The fraction of sp³-hybridized carbons (Fsp3) is 0.176. The van der Waals surface area contributed by atoms with Crippen LogP contribution >= 0.6 is 0 Å². The minimum Gasteiger partial charge on any atom is -0.457 e. The average molecular weight is 363 g/mol. The van der Waals surface area contributed by atoms with Crippen molar-refractivity contribution >= 4 is 21.8 Å². The van der Waals surface area contributed by atoms with Gasteiger partial charge in [-0.25, -0.2) is 0 Å². The number of benzene rings is 2. The van der Waals surface area contributed by atoms with E-state index in [1.807, 2.05) is 6.07 Å². The van der Waals surface area contributed by atoms with Crippen LogP contribution in [-0.2, 0) is 19.7 Å². The molecule has 0 bridgehead atoms. The van der Waals surface area contributed by atoms with E-state index in [1.54, 1.807) is 36.4 Å². The number of rotatable bonds is 8. The van der Waals surface area contributed by atoms with Crippen LogP contribution in [0.4, 0.5) is 0 Å². The highest BCUT2D eigenvalue weighted by molar-refractivity contribution is 7.85. The molecule has 0 aromatic heterocycles. The van der Waals surface area contributed by atoms with E-state index in [0.29, 0.717) is 17.1 Å². The molecule has 132 valence electrons. The van der Waals surface area contributed by atoms with Crippen molar-refractivity contribution in [1.82, 2.24) is 0 Å². The lowest BCUT2D eigenvalue weighted by Crippen LogP contribution is -2.29. The summed E-state index contributed by atoms with van der Waals surface area (Å²) in [6, 6.07) is 15.2. The monoisotopic (exact) mass is 363 g/mol. The van der Waals surface area contributed by atoms with Gasteiger partial charge < -0.3 is 10.5 Å². The Labute approximate surface area is 145 Å². The van der Waals surface area contributed by atoms with Crippen molar-refractivity contribution < 1.29 is 27.3 Å². The number of carbonyl (C=O) groups excluding carboxylic acids is 2. The first-order valence-corrected chi connectivity index (χ1v) is 8.97. The van der Waals surface area contributed by atoms with Gasteiger partial charge in [0.05, 0.1) is 5.75 Å². The molecule has 2 aromatic carbocycles. The number of amides is 1. The number of nitrogens with two attached hydrogens (primary N) is 1. The van der Waals surface area contributed by atoms with Gasteiger partial charge in [-0.1, -0.05) is 30.3 Å². The van der Waals surface area contributed by atoms with Crippen molar-refractivity contribution in [2.24, 2.45) is 5.73 Å². The lowest BCUT2D eigenvalue weighted by Gasteiger charge is -2.14. The maximum atomic E-state index is 12.2. The topological polar surface area (TPSA) is 124 Å². The maximum absolute atomic E-state index is 12.2. The molecule has 0 radical (unpaired) electrons.